The number of carbonyl (C=O) groups excluding carboxylic acids is 7. The molecule has 6 amide bonds. The second kappa shape index (κ2) is 48.7. The first-order chi connectivity index (χ1) is 63.6. The Labute approximate surface area is 784 Å². The van der Waals surface area contributed by atoms with E-state index >= 15 is 0 Å². The number of thiazole rings is 1. The molecule has 0 spiro atoms. The van der Waals surface area contributed by atoms with Crippen LogP contribution in [0, 0.1) is 29.6 Å². The lowest BCUT2D eigenvalue weighted by Gasteiger charge is -2.47. The van der Waals surface area contributed by atoms with Gasteiger partial charge in [0.2, 0.25) is 35.4 Å². The van der Waals surface area contributed by atoms with Gasteiger partial charge in [-0.3, -0.25) is 43.8 Å². The number of anilines is 1. The van der Waals surface area contributed by atoms with Gasteiger partial charge in [0.05, 0.1) is 129 Å². The molecule has 3 saturated heterocycles. The molecule has 41 heteroatoms. The number of fused-ring (bicyclic) bond motifs is 5. The molecule has 134 heavy (non-hydrogen) atoms. The van der Waals surface area contributed by atoms with E-state index in [4.69, 9.17) is 28.4 Å². The number of nitrogens with one attached hydrogen (secondary N) is 4. The van der Waals surface area contributed by atoms with Gasteiger partial charge in [-0.1, -0.05) is 152 Å². The van der Waals surface area contributed by atoms with Gasteiger partial charge in [-0.15, -0.1) is 21.5 Å². The molecule has 3 aromatic carbocycles. The van der Waals surface area contributed by atoms with E-state index in [1.807, 2.05) is 84.2 Å². The third-order valence-electron chi connectivity index (χ3n) is 26.2. The zero-order chi connectivity index (χ0) is 98.0. The number of rotatable bonds is 48. The second-order valence-corrected chi connectivity index (χ2v) is 37.7. The Morgan fingerprint density at radius 1 is 0.761 bits per heavy atom. The first-order valence-corrected chi connectivity index (χ1v) is 46.8. The van der Waals surface area contributed by atoms with Crippen LogP contribution in [0.1, 0.15) is 149 Å². The highest BCUT2D eigenvalue weighted by molar-refractivity contribution is 7.09. The van der Waals surface area contributed by atoms with Crippen LogP contribution in [0.5, 0.6) is 0 Å². The van der Waals surface area contributed by atoms with Gasteiger partial charge < -0.3 is 115 Å². The van der Waals surface area contributed by atoms with Gasteiger partial charge in [0.25, 0.3) is 5.79 Å². The largest absolute Gasteiger partial charge is 0.477 e. The summed E-state index contributed by atoms with van der Waals surface area (Å²) in [6.07, 6.45) is -21.4. The SMILES string of the molecule is CCC(C)C(C(CC(=O)N1CCCC1C(OC)C(C)C(=O)NC(Cc1ccccc1)c1nccs1)OC)N(C)C(=O)C(NCC(=O)C(C(C)C)N(C)CC(O)C(O)C(O)C(O)Cn1cc(CCNC(=O)CCC(=O)N2Cc3ccccc3-c3nnn(CC(O)C(O)C4OC(OCC5OC(OC(C)C(C)C)C(O)C(O)C5O)(C(=O)O)CC(O)C4NC(C)=O)c3-c3ccccc32)nn1)C(C)C. The van der Waals surface area contributed by atoms with Crippen LogP contribution in [-0.4, -0.2) is 348 Å². The number of Topliss-reactive ketones (excluding diaryl/α,β-unsaturated/α-hetero) is 1. The zero-order valence-corrected chi connectivity index (χ0v) is 79.6. The fraction of sp³-hybridized carbons (Fsp3) is 0.645. The van der Waals surface area contributed by atoms with Crippen molar-refractivity contribution in [2.45, 2.75) is 293 Å². The molecular formula is C93H137N15O25S. The number of aliphatic hydroxyl groups excluding tert-OH is 10. The van der Waals surface area contributed by atoms with Crippen LogP contribution in [0.4, 0.5) is 5.69 Å². The summed E-state index contributed by atoms with van der Waals surface area (Å²) in [6.45, 7) is 17.6. The van der Waals surface area contributed by atoms with Crippen LogP contribution in [-0.2, 0) is 99.3 Å². The maximum Gasteiger partial charge on any atom is 0.364 e. The quantitative estimate of drug-likeness (QED) is 0.0256. The Hall–Kier alpha value is -9.19. The number of carboxylic acids is 1. The number of nitrogens with zero attached hydrogens (tertiary/aromatic N) is 11. The number of likely N-dealkylation sites (N-methyl/N-ethyl adjacent to an activating group) is 2. The van der Waals surface area contributed by atoms with E-state index in [2.05, 4.69) is 46.9 Å². The van der Waals surface area contributed by atoms with Crippen molar-refractivity contribution in [1.82, 2.24) is 70.9 Å². The van der Waals surface area contributed by atoms with Crippen molar-refractivity contribution >= 4 is 64.2 Å². The number of hydrogen-bond acceptors (Lipinski definition) is 32. The number of carboxylic acid groups (broad SMARTS) is 1. The number of ketones is 1. The molecule has 6 aromatic rings. The van der Waals surface area contributed by atoms with Crippen molar-refractivity contribution in [3.8, 4) is 22.5 Å². The molecule has 3 aromatic heterocycles. The summed E-state index contributed by atoms with van der Waals surface area (Å²) in [6, 6.07) is 18.8. The predicted molar refractivity (Wildman–Crippen MR) is 488 cm³/mol. The minimum atomic E-state index is -2.87. The van der Waals surface area contributed by atoms with E-state index in [9.17, 15) is 94.5 Å². The molecule has 10 rings (SSSR count). The van der Waals surface area contributed by atoms with Crippen LogP contribution < -0.4 is 26.2 Å². The molecule has 4 aliphatic heterocycles. The first-order valence-electron chi connectivity index (χ1n) is 46.0. The number of likely N-dealkylation sites (tertiary alicyclic amines) is 1. The lowest BCUT2D eigenvalue weighted by atomic mass is 9.88. The van der Waals surface area contributed by atoms with E-state index < -0.39 is 190 Å². The fourth-order valence-corrected chi connectivity index (χ4v) is 19.0. The number of methoxy groups -OCH3 is 2. The monoisotopic (exact) mass is 1900 g/mol. The van der Waals surface area contributed by atoms with Crippen molar-refractivity contribution in [1.29, 1.82) is 0 Å². The van der Waals surface area contributed by atoms with E-state index in [-0.39, 0.29) is 111 Å². The molecule has 3 fully saturated rings. The standard InChI is InChI=1S/C93H137N15O25S/c1-16-52(8)78(69(128-14)40-73(117)106-37-24-31-63(106)86(129-15)53(9)88(124)98-61(89-95-36-38-134-89)39-56-25-18-17-19-26-56)104(13)90(125)74(50(4)5)96-42-65(111)77(51(6)7)103(12)45-66(112)80(118)81(119)67(113)46-105-44-58(99-101-105)34-35-94-71(115)32-33-72(116)107-43-57-27-20-21-28-59(57)75-79(60-29-22-23-30-62(60)107)108(102-100-75)47-68(114)82(120)87-76(97-55(11)109)64(110)41-93(133-87,92(126)127)130-48-70-83(121)84(122)85(123)91(132-70)131-54(10)49(2)3/h17-23,25-30,36,38,44,49-54,61,63-64,66-70,74,76-78,80-87,91,96,110,112-114,118-123H,16,24,31-35,37,39-43,45-48H2,1-15H3,(H,94,115)(H,97,109)(H,98,124)(H,126,127). The normalized spacial score (nSPS) is 23.7. The molecule has 15 N–H and O–H groups in total. The summed E-state index contributed by atoms with van der Waals surface area (Å²) in [7, 11) is 6.32. The lowest BCUT2D eigenvalue weighted by Crippen LogP contribution is -2.68. The van der Waals surface area contributed by atoms with Gasteiger partial charge in [-0.2, -0.15) is 0 Å². The average Bonchev–Trinajstić information content (AvgIpc) is 1.55. The Morgan fingerprint density at radius 3 is 2.10 bits per heavy atom. The third kappa shape index (κ3) is 26.2. The minimum Gasteiger partial charge on any atom is -0.477 e. The van der Waals surface area contributed by atoms with Gasteiger partial charge in [0.15, 0.2) is 12.1 Å². The smallest absolute Gasteiger partial charge is 0.364 e. The maximum absolute atomic E-state index is 14.9. The van der Waals surface area contributed by atoms with Crippen molar-refractivity contribution in [3.05, 3.63) is 118 Å². The number of amides is 6. The first kappa shape index (κ1) is 107. The molecule has 25 unspecified atom stereocenters. The predicted octanol–water partition coefficient (Wildman–Crippen LogP) is 1.29. The van der Waals surface area contributed by atoms with Crippen LogP contribution in [0.15, 0.2) is 96.6 Å². The van der Waals surface area contributed by atoms with E-state index in [1.54, 1.807) is 107 Å². The molecule has 0 saturated carbocycles. The van der Waals surface area contributed by atoms with Gasteiger partial charge in [0, 0.05) is 102 Å². The van der Waals surface area contributed by atoms with Gasteiger partial charge in [0.1, 0.15) is 71.7 Å². The maximum atomic E-state index is 14.9. The Morgan fingerprint density at radius 2 is 1.45 bits per heavy atom. The second-order valence-electron chi connectivity index (χ2n) is 36.8. The molecule has 7 heterocycles. The Balaban J connectivity index is 0.700. The summed E-state index contributed by atoms with van der Waals surface area (Å²) in [5.74, 6) is -9.10. The molecule has 25 atom stereocenters. The van der Waals surface area contributed by atoms with Crippen LogP contribution >= 0.6 is 11.3 Å². The minimum absolute atomic E-state index is 0.00562. The highest BCUT2D eigenvalue weighted by Gasteiger charge is 2.58. The third-order valence-corrected chi connectivity index (χ3v) is 27.1. The molecule has 40 nitrogen and oxygen atoms in total. The van der Waals surface area contributed by atoms with Crippen molar-refractivity contribution < 1.29 is 123 Å². The lowest BCUT2D eigenvalue weighted by molar-refractivity contribution is -0.342. The van der Waals surface area contributed by atoms with Crippen LogP contribution in [0.25, 0.3) is 22.5 Å². The number of ether oxygens (including phenoxy) is 6. The zero-order valence-electron chi connectivity index (χ0n) is 78.8. The summed E-state index contributed by atoms with van der Waals surface area (Å²) >= 11 is 1.46. The topological polar surface area (TPSA) is 550 Å². The van der Waals surface area contributed by atoms with Gasteiger partial charge in [-0.25, -0.2) is 19.1 Å². The molecule has 4 aliphatic rings. The number of benzene rings is 3. The average molecular weight is 1900 g/mol. The number of aromatic nitrogens is 7. The van der Waals surface area contributed by atoms with Crippen molar-refractivity contribution in [3.63, 3.8) is 0 Å². The summed E-state index contributed by atoms with van der Waals surface area (Å²) in [5.41, 5.74) is 3.77. The molecular weight excluding hydrogens is 1760 g/mol. The van der Waals surface area contributed by atoms with Crippen LogP contribution in [0.3, 0.4) is 0 Å². The fourth-order valence-electron chi connectivity index (χ4n) is 18.3. The molecule has 0 aliphatic carbocycles. The Bertz CT molecular complexity index is 4820. The Kier molecular flexibility index (Phi) is 38.8. The van der Waals surface area contributed by atoms with E-state index in [0.717, 1.165) is 17.5 Å². The van der Waals surface area contributed by atoms with Crippen LogP contribution in [0.2, 0.25) is 0 Å². The number of carbonyl (C=O) groups is 8. The molecule has 740 valence electrons. The van der Waals surface area contributed by atoms with E-state index in [0.29, 0.717) is 66.0 Å². The summed E-state index contributed by atoms with van der Waals surface area (Å²) in [4.78, 5) is 123. The number of aliphatic hydroxyl groups is 10. The summed E-state index contributed by atoms with van der Waals surface area (Å²) < 4.78 is 38.2. The van der Waals surface area contributed by atoms with Crippen molar-refractivity contribution in [2.75, 3.05) is 66.0 Å². The van der Waals surface area contributed by atoms with Gasteiger partial charge in [-0.05, 0) is 74.1 Å². The number of hydrogen-bond donors (Lipinski definition) is 15. The number of aliphatic carboxylic acids is 1. The number of para-hydroxylation sites is 1. The molecule has 0 radical (unpaired) electrons. The highest BCUT2D eigenvalue weighted by atomic mass is 32.1. The van der Waals surface area contributed by atoms with Crippen molar-refractivity contribution in [2.24, 2.45) is 29.6 Å². The van der Waals surface area contributed by atoms with E-state index in [1.165, 1.54) is 43.8 Å². The highest BCUT2D eigenvalue weighted by Crippen LogP contribution is 2.43. The van der Waals surface area contributed by atoms with Gasteiger partial charge >= 0.3 is 5.97 Å². The molecule has 0 bridgehead atoms. The summed E-state index contributed by atoms with van der Waals surface area (Å²) in [5, 5.41) is 156.